The minimum absolute atomic E-state index is 0. The molecule has 0 N–H and O–H groups in total. The Morgan fingerprint density at radius 1 is 0.361 bits per heavy atom. The summed E-state index contributed by atoms with van der Waals surface area (Å²) in [5.41, 5.74) is 0. The summed E-state index contributed by atoms with van der Waals surface area (Å²) in [7, 11) is 13.7. The first-order chi connectivity index (χ1) is 16.5. The third kappa shape index (κ3) is 54.9. The van der Waals surface area contributed by atoms with E-state index in [-0.39, 0.29) is 19.0 Å². The number of nitrogens with zero attached hydrogens (tertiary/aromatic N) is 2. The molecule has 0 saturated heterocycles. The summed E-state index contributed by atoms with van der Waals surface area (Å²) in [4.78, 5) is 0. The summed E-state index contributed by atoms with van der Waals surface area (Å²) in [6.45, 7) is 8.80. The molecule has 0 unspecified atom stereocenters. The highest BCUT2D eigenvalue weighted by Crippen LogP contribution is 2.12. The van der Waals surface area contributed by atoms with E-state index in [1.807, 2.05) is 0 Å². The van der Waals surface area contributed by atoms with E-state index < -0.39 is 0 Å². The fraction of sp³-hybridized carbons (Fsp3) is 1.00. The van der Waals surface area contributed by atoms with Crippen LogP contribution in [0.4, 0.5) is 0 Å². The molecule has 3 nitrogen and oxygen atoms in total. The molecule has 0 radical (unpaired) electrons. The van der Waals surface area contributed by atoms with E-state index in [4.69, 9.17) is 5.11 Å². The lowest BCUT2D eigenvalue weighted by Crippen LogP contribution is -3.00. The normalized spacial score (nSPS) is 11.2. The van der Waals surface area contributed by atoms with Crippen molar-refractivity contribution < 1.29 is 26.5 Å². The first-order valence-corrected chi connectivity index (χ1v) is 15.7. The molecular formula is C32H73ClN2O. The average Bonchev–Trinajstić information content (AvgIpc) is 2.76. The summed E-state index contributed by atoms with van der Waals surface area (Å²) in [6, 6.07) is 0. The van der Waals surface area contributed by atoms with Crippen LogP contribution in [0.3, 0.4) is 0 Å². The van der Waals surface area contributed by atoms with Crippen molar-refractivity contribution in [3.8, 4) is 0 Å². The van der Waals surface area contributed by atoms with Crippen molar-refractivity contribution in [3.05, 3.63) is 0 Å². The molecule has 0 amide bonds. The smallest absolute Gasteiger partial charge is 0.0780 e. The van der Waals surface area contributed by atoms with Gasteiger partial charge in [0.1, 0.15) is 0 Å². The molecule has 0 bridgehead atoms. The zero-order chi connectivity index (χ0) is 27.3. The molecule has 36 heavy (non-hydrogen) atoms. The van der Waals surface area contributed by atoms with Gasteiger partial charge in [0.15, 0.2) is 0 Å². The van der Waals surface area contributed by atoms with Gasteiger partial charge in [0.05, 0.1) is 55.4 Å². The molecule has 224 valence electrons. The van der Waals surface area contributed by atoms with Crippen LogP contribution in [-0.2, 0) is 0 Å². The molecule has 0 heterocycles. The summed E-state index contributed by atoms with van der Waals surface area (Å²) >= 11 is 0. The maximum absolute atomic E-state index is 8.93. The highest BCUT2D eigenvalue weighted by atomic mass is 35.5. The molecule has 0 aliphatic heterocycles. The van der Waals surface area contributed by atoms with Crippen LogP contribution in [0.1, 0.15) is 149 Å². The van der Waals surface area contributed by atoms with Gasteiger partial charge in [-0.2, -0.15) is 0 Å². The number of hydrogen-bond donors (Lipinski definition) is 0. The lowest BCUT2D eigenvalue weighted by atomic mass is 10.1. The topological polar surface area (TPSA) is 23.1 Å². The summed E-state index contributed by atoms with van der Waals surface area (Å²) in [5.74, 6) is 0. The first-order valence-electron chi connectivity index (χ1n) is 15.7. The third-order valence-corrected chi connectivity index (χ3v) is 6.36. The van der Waals surface area contributed by atoms with Crippen LogP contribution in [0.25, 0.3) is 0 Å². The Balaban J connectivity index is -0.000000250. The molecule has 0 aromatic carbocycles. The van der Waals surface area contributed by atoms with E-state index in [1.165, 1.54) is 142 Å². The average molecular weight is 537 g/mol. The quantitative estimate of drug-likeness (QED) is 0.130. The van der Waals surface area contributed by atoms with E-state index in [0.29, 0.717) is 0 Å². The molecule has 0 saturated carbocycles. The van der Waals surface area contributed by atoms with Crippen molar-refractivity contribution >= 4 is 0 Å². The van der Waals surface area contributed by atoms with Crippen LogP contribution in [0.15, 0.2) is 0 Å². The van der Waals surface area contributed by atoms with Crippen LogP contribution in [0, 0.1) is 0 Å². The number of unbranched alkanes of at least 4 members (excludes halogenated alkanes) is 18. The summed E-state index contributed by atoms with van der Waals surface area (Å²) in [5, 5.41) is 8.93. The molecule has 0 aliphatic rings. The Morgan fingerprint density at radius 2 is 0.528 bits per heavy atom. The van der Waals surface area contributed by atoms with Gasteiger partial charge in [-0.1, -0.05) is 124 Å². The highest BCUT2D eigenvalue weighted by Gasteiger charge is 2.05. The zero-order valence-electron chi connectivity index (χ0n) is 26.9. The second-order valence-corrected chi connectivity index (χ2v) is 12.7. The Bertz CT molecular complexity index is 330. The predicted molar refractivity (Wildman–Crippen MR) is 160 cm³/mol. The monoisotopic (exact) mass is 537 g/mol. The predicted octanol–water partition coefficient (Wildman–Crippen LogP) is 5.60. The lowest BCUT2D eigenvalue weighted by Gasteiger charge is -2.23. The Hall–Kier alpha value is 0.170. The van der Waals surface area contributed by atoms with Crippen molar-refractivity contribution in [2.75, 3.05) is 62.0 Å². The minimum atomic E-state index is 0. The fourth-order valence-electron chi connectivity index (χ4n) is 4.15. The standard InChI is InChI=1S/2C15H34N.C2H5O.ClH/c2*1-5-6-7-8-9-10-11-12-13-14-15-16(2,3)4;1-2-3;/h2*5-15H2,1-4H3;2H2,1H3;1H/q2*+1;-1;/p-1. The molecule has 0 spiro atoms. The summed E-state index contributed by atoms with van der Waals surface area (Å²) in [6.07, 6.45) is 28.8. The Kier molecular flexibility index (Phi) is 39.9. The third-order valence-electron chi connectivity index (χ3n) is 6.36. The SMILES string of the molecule is CCCCCCCCCCCC[N+](C)(C)C.CCCCCCCCCCCC[N+](C)(C)C.CC[O-].[Cl-]. The number of hydrogen-bond acceptors (Lipinski definition) is 1. The first kappa shape index (κ1) is 43.2. The Labute approximate surface area is 237 Å². The summed E-state index contributed by atoms with van der Waals surface area (Å²) < 4.78 is 2.24. The van der Waals surface area contributed by atoms with E-state index in [1.54, 1.807) is 6.92 Å². The highest BCUT2D eigenvalue weighted by molar-refractivity contribution is 4.48. The second kappa shape index (κ2) is 33.2. The van der Waals surface area contributed by atoms with Gasteiger partial charge in [0.2, 0.25) is 0 Å². The van der Waals surface area contributed by atoms with E-state index in [2.05, 4.69) is 56.1 Å². The van der Waals surface area contributed by atoms with Gasteiger partial charge in [-0.3, -0.25) is 0 Å². The maximum Gasteiger partial charge on any atom is 0.0780 e. The Morgan fingerprint density at radius 3 is 0.694 bits per heavy atom. The van der Waals surface area contributed by atoms with Crippen molar-refractivity contribution in [3.63, 3.8) is 0 Å². The van der Waals surface area contributed by atoms with Crippen LogP contribution in [0.5, 0.6) is 0 Å². The fourth-order valence-corrected chi connectivity index (χ4v) is 4.15. The van der Waals surface area contributed by atoms with Crippen LogP contribution < -0.4 is 17.5 Å². The minimum Gasteiger partial charge on any atom is -1.00 e. The lowest BCUT2D eigenvalue weighted by molar-refractivity contribution is -0.870. The number of rotatable bonds is 22. The number of quaternary nitrogens is 2. The second-order valence-electron chi connectivity index (χ2n) is 12.7. The van der Waals surface area contributed by atoms with Crippen molar-refractivity contribution in [2.24, 2.45) is 0 Å². The molecule has 4 heteroatoms. The van der Waals surface area contributed by atoms with Crippen LogP contribution >= 0.6 is 0 Å². The molecule has 0 rings (SSSR count). The van der Waals surface area contributed by atoms with Crippen LogP contribution in [-0.4, -0.2) is 70.9 Å². The van der Waals surface area contributed by atoms with Crippen molar-refractivity contribution in [1.29, 1.82) is 0 Å². The molecular weight excluding hydrogens is 464 g/mol. The van der Waals surface area contributed by atoms with Crippen LogP contribution in [0.2, 0.25) is 0 Å². The van der Waals surface area contributed by atoms with Gasteiger partial charge >= 0.3 is 0 Å². The van der Waals surface area contributed by atoms with Gasteiger partial charge in [-0.25, -0.2) is 0 Å². The molecule has 0 aliphatic carbocycles. The molecule has 0 atom stereocenters. The van der Waals surface area contributed by atoms with Crippen molar-refractivity contribution in [2.45, 2.75) is 149 Å². The van der Waals surface area contributed by atoms with E-state index in [0.717, 1.165) is 8.97 Å². The van der Waals surface area contributed by atoms with E-state index >= 15 is 0 Å². The van der Waals surface area contributed by atoms with Crippen molar-refractivity contribution in [1.82, 2.24) is 0 Å². The molecule has 0 aromatic heterocycles. The van der Waals surface area contributed by atoms with Gasteiger partial charge in [-0.15, -0.1) is 6.61 Å². The van der Waals surface area contributed by atoms with Gasteiger partial charge in [0, 0.05) is 0 Å². The van der Waals surface area contributed by atoms with Gasteiger partial charge in [-0.05, 0) is 25.7 Å². The molecule has 0 aromatic rings. The molecule has 0 fully saturated rings. The zero-order valence-corrected chi connectivity index (χ0v) is 27.7. The largest absolute Gasteiger partial charge is 1.00 e. The van der Waals surface area contributed by atoms with Gasteiger partial charge in [0.25, 0.3) is 0 Å². The van der Waals surface area contributed by atoms with E-state index in [9.17, 15) is 0 Å². The number of halogens is 1. The van der Waals surface area contributed by atoms with Gasteiger partial charge < -0.3 is 26.5 Å². The maximum atomic E-state index is 8.93.